The third-order valence-electron chi connectivity index (χ3n) is 6.47. The largest absolute Gasteiger partial charge is 0.338 e. The van der Waals surface area contributed by atoms with E-state index in [2.05, 4.69) is 40.1 Å². The number of amides is 1. The van der Waals surface area contributed by atoms with Gasteiger partial charge in [0.1, 0.15) is 0 Å². The van der Waals surface area contributed by atoms with Crippen LogP contribution in [0.3, 0.4) is 0 Å². The van der Waals surface area contributed by atoms with E-state index in [9.17, 15) is 4.79 Å². The summed E-state index contributed by atoms with van der Waals surface area (Å²) in [5.74, 6) is 1.77. The molecular weight excluding hydrogens is 296 g/mol. The van der Waals surface area contributed by atoms with Crippen LogP contribution in [0.4, 0.5) is 0 Å². The number of piperidine rings is 1. The summed E-state index contributed by atoms with van der Waals surface area (Å²) in [4.78, 5) is 17.6. The minimum Gasteiger partial charge on any atom is -0.338 e. The maximum Gasteiger partial charge on any atom is 0.237 e. The Labute approximate surface area is 146 Å². The van der Waals surface area contributed by atoms with Crippen LogP contribution < -0.4 is 0 Å². The fourth-order valence-electron chi connectivity index (χ4n) is 5.19. The molecule has 0 unspecified atom stereocenters. The molecule has 0 spiro atoms. The second-order valence-electron chi connectivity index (χ2n) is 7.97. The lowest BCUT2D eigenvalue weighted by Gasteiger charge is -2.44. The van der Waals surface area contributed by atoms with Crippen LogP contribution in [0.25, 0.3) is 0 Å². The van der Waals surface area contributed by atoms with Gasteiger partial charge in [0.05, 0.1) is 6.54 Å². The Morgan fingerprint density at radius 2 is 1.75 bits per heavy atom. The summed E-state index contributed by atoms with van der Waals surface area (Å²) < 4.78 is 0. The van der Waals surface area contributed by atoms with Crippen LogP contribution in [0, 0.1) is 5.92 Å². The fraction of sp³-hybridized carbons (Fsp3) is 0.667. The van der Waals surface area contributed by atoms with Gasteiger partial charge in [0, 0.05) is 19.1 Å². The van der Waals surface area contributed by atoms with Crippen molar-refractivity contribution in [2.45, 2.75) is 56.9 Å². The van der Waals surface area contributed by atoms with Crippen LogP contribution in [-0.4, -0.2) is 47.9 Å². The SMILES string of the molecule is O=C(CN1CC[C@H](c2ccccc2)C1)N1CCC[C@@H]2CCCC[C@H]21. The average Bonchev–Trinajstić information content (AvgIpc) is 3.10. The molecule has 3 nitrogen and oxygen atoms in total. The molecule has 3 fully saturated rings. The van der Waals surface area contributed by atoms with E-state index in [0.717, 1.165) is 25.6 Å². The van der Waals surface area contributed by atoms with Crippen molar-refractivity contribution in [3.8, 4) is 0 Å². The number of nitrogens with zero attached hydrogens (tertiary/aromatic N) is 2. The van der Waals surface area contributed by atoms with E-state index in [4.69, 9.17) is 0 Å². The maximum absolute atomic E-state index is 12.9. The van der Waals surface area contributed by atoms with Crippen molar-refractivity contribution in [1.29, 1.82) is 0 Å². The van der Waals surface area contributed by atoms with Crippen LogP contribution in [0.2, 0.25) is 0 Å². The molecular formula is C21H30N2O. The molecule has 3 heteroatoms. The fourth-order valence-corrected chi connectivity index (χ4v) is 5.19. The van der Waals surface area contributed by atoms with Gasteiger partial charge in [-0.1, -0.05) is 43.2 Å². The Balaban J connectivity index is 1.34. The quantitative estimate of drug-likeness (QED) is 0.846. The van der Waals surface area contributed by atoms with Crippen molar-refractivity contribution in [3.63, 3.8) is 0 Å². The number of carbonyl (C=O) groups excluding carboxylic acids is 1. The molecule has 4 rings (SSSR count). The Hall–Kier alpha value is -1.35. The maximum atomic E-state index is 12.9. The molecule has 2 saturated heterocycles. The minimum atomic E-state index is 0.389. The first kappa shape index (κ1) is 16.1. The molecule has 0 radical (unpaired) electrons. The number of benzene rings is 1. The number of rotatable bonds is 3. The summed E-state index contributed by atoms with van der Waals surface area (Å²) >= 11 is 0. The van der Waals surface area contributed by atoms with Crippen molar-refractivity contribution < 1.29 is 4.79 Å². The molecule has 0 aromatic heterocycles. The van der Waals surface area contributed by atoms with Gasteiger partial charge in [0.15, 0.2) is 0 Å². The van der Waals surface area contributed by atoms with Crippen LogP contribution in [0.15, 0.2) is 30.3 Å². The Morgan fingerprint density at radius 1 is 0.958 bits per heavy atom. The Bertz CT molecular complexity index is 556. The first-order valence-corrected chi connectivity index (χ1v) is 9.88. The summed E-state index contributed by atoms with van der Waals surface area (Å²) in [6, 6.07) is 11.3. The molecule has 3 aliphatic rings. The van der Waals surface area contributed by atoms with Gasteiger partial charge in [-0.3, -0.25) is 9.69 Å². The minimum absolute atomic E-state index is 0.389. The molecule has 1 aromatic carbocycles. The van der Waals surface area contributed by atoms with Gasteiger partial charge in [0.2, 0.25) is 5.91 Å². The van der Waals surface area contributed by atoms with Crippen molar-refractivity contribution >= 4 is 5.91 Å². The third-order valence-corrected chi connectivity index (χ3v) is 6.47. The van der Waals surface area contributed by atoms with E-state index in [1.807, 2.05) is 0 Å². The number of fused-ring (bicyclic) bond motifs is 1. The molecule has 2 heterocycles. The highest BCUT2D eigenvalue weighted by molar-refractivity contribution is 5.78. The van der Waals surface area contributed by atoms with Gasteiger partial charge in [0.25, 0.3) is 0 Å². The van der Waals surface area contributed by atoms with E-state index in [0.29, 0.717) is 24.4 Å². The van der Waals surface area contributed by atoms with E-state index in [1.54, 1.807) is 0 Å². The molecule has 3 atom stereocenters. The highest BCUT2D eigenvalue weighted by Crippen LogP contribution is 2.35. The molecule has 1 aromatic rings. The zero-order valence-corrected chi connectivity index (χ0v) is 14.7. The van der Waals surface area contributed by atoms with Crippen LogP contribution in [0.1, 0.15) is 56.4 Å². The lowest BCUT2D eigenvalue weighted by molar-refractivity contribution is -0.138. The standard InChI is InChI=1S/C21H30N2O/c24-21(23-13-6-10-18-9-4-5-11-20(18)23)16-22-14-12-19(15-22)17-7-2-1-3-8-17/h1-3,7-8,18-20H,4-6,9-16H2/t18-,19-,20+/m0/s1. The summed E-state index contributed by atoms with van der Waals surface area (Å²) in [5.41, 5.74) is 1.43. The van der Waals surface area contributed by atoms with E-state index in [-0.39, 0.29) is 0 Å². The zero-order chi connectivity index (χ0) is 16.4. The van der Waals surface area contributed by atoms with Crippen molar-refractivity contribution in [3.05, 3.63) is 35.9 Å². The van der Waals surface area contributed by atoms with Gasteiger partial charge < -0.3 is 4.90 Å². The first-order chi connectivity index (χ1) is 11.8. The van der Waals surface area contributed by atoms with E-state index >= 15 is 0 Å². The van der Waals surface area contributed by atoms with Gasteiger partial charge in [-0.25, -0.2) is 0 Å². The number of hydrogen-bond donors (Lipinski definition) is 0. The predicted octanol–water partition coefficient (Wildman–Crippen LogP) is 3.66. The Kier molecular flexibility index (Phi) is 4.88. The first-order valence-electron chi connectivity index (χ1n) is 9.88. The number of likely N-dealkylation sites (tertiary alicyclic amines) is 2. The number of carbonyl (C=O) groups is 1. The highest BCUT2D eigenvalue weighted by atomic mass is 16.2. The smallest absolute Gasteiger partial charge is 0.237 e. The summed E-state index contributed by atoms with van der Waals surface area (Å²) in [5, 5.41) is 0. The topological polar surface area (TPSA) is 23.6 Å². The Morgan fingerprint density at radius 3 is 2.62 bits per heavy atom. The lowest BCUT2D eigenvalue weighted by atomic mass is 9.78. The van der Waals surface area contributed by atoms with Crippen molar-refractivity contribution in [2.24, 2.45) is 5.92 Å². The highest BCUT2D eigenvalue weighted by Gasteiger charge is 2.36. The lowest BCUT2D eigenvalue weighted by Crippen LogP contribution is -2.52. The molecule has 130 valence electrons. The second-order valence-corrected chi connectivity index (χ2v) is 7.97. The van der Waals surface area contributed by atoms with Crippen LogP contribution in [0.5, 0.6) is 0 Å². The van der Waals surface area contributed by atoms with Crippen LogP contribution >= 0.6 is 0 Å². The van der Waals surface area contributed by atoms with E-state index in [1.165, 1.54) is 50.5 Å². The zero-order valence-electron chi connectivity index (χ0n) is 14.7. The molecule has 1 saturated carbocycles. The third kappa shape index (κ3) is 3.37. The molecule has 0 N–H and O–H groups in total. The average molecular weight is 326 g/mol. The number of hydrogen-bond acceptors (Lipinski definition) is 2. The molecule has 2 aliphatic heterocycles. The van der Waals surface area contributed by atoms with Crippen molar-refractivity contribution in [2.75, 3.05) is 26.2 Å². The van der Waals surface area contributed by atoms with Gasteiger partial charge >= 0.3 is 0 Å². The normalized spacial score (nSPS) is 31.0. The summed E-state index contributed by atoms with van der Waals surface area (Å²) in [6.07, 6.45) is 8.99. The molecule has 1 aliphatic carbocycles. The summed E-state index contributed by atoms with van der Waals surface area (Å²) in [6.45, 7) is 3.73. The van der Waals surface area contributed by atoms with Crippen molar-refractivity contribution in [1.82, 2.24) is 9.80 Å². The van der Waals surface area contributed by atoms with Crippen LogP contribution in [-0.2, 0) is 4.79 Å². The van der Waals surface area contributed by atoms with Gasteiger partial charge in [-0.05, 0) is 56.0 Å². The van der Waals surface area contributed by atoms with Gasteiger partial charge in [-0.15, -0.1) is 0 Å². The van der Waals surface area contributed by atoms with E-state index < -0.39 is 0 Å². The molecule has 24 heavy (non-hydrogen) atoms. The summed E-state index contributed by atoms with van der Waals surface area (Å²) in [7, 11) is 0. The predicted molar refractivity (Wildman–Crippen MR) is 96.9 cm³/mol. The van der Waals surface area contributed by atoms with Gasteiger partial charge in [-0.2, -0.15) is 0 Å². The second kappa shape index (κ2) is 7.26. The monoisotopic (exact) mass is 326 g/mol. The molecule has 1 amide bonds. The molecule has 0 bridgehead atoms.